The van der Waals surface area contributed by atoms with Crippen molar-refractivity contribution in [3.05, 3.63) is 70.2 Å². The number of halogens is 4. The van der Waals surface area contributed by atoms with E-state index in [9.17, 15) is 23.5 Å². The molecule has 0 amide bonds. The van der Waals surface area contributed by atoms with Gasteiger partial charge >= 0.3 is 12.1 Å². The molecule has 2 heterocycles. The van der Waals surface area contributed by atoms with Gasteiger partial charge in [-0.3, -0.25) is 0 Å². The number of carboxylic acids is 1. The first-order valence-electron chi connectivity index (χ1n) is 11.4. The molecule has 2 aromatic carbocycles. The number of alkyl halides is 3. The molecule has 0 saturated carbocycles. The molecule has 1 unspecified atom stereocenters. The summed E-state index contributed by atoms with van der Waals surface area (Å²) in [6.45, 7) is 2.02. The number of aliphatic carboxylic acids is 1. The van der Waals surface area contributed by atoms with E-state index < -0.39 is 12.1 Å². The minimum Gasteiger partial charge on any atom is -0.507 e. The lowest BCUT2D eigenvalue weighted by atomic mass is 9.88. The SMILES string of the molecule is N#Cc1c(C2CCCNC2)cc(-c2c(O)cccc2OCc2cccc(Cl)c2)nc1N.O=C(O)C(F)(F)F. The van der Waals surface area contributed by atoms with Crippen LogP contribution in [0.1, 0.15) is 35.4 Å². The molecule has 0 bridgehead atoms. The van der Waals surface area contributed by atoms with Crippen molar-refractivity contribution in [3.8, 4) is 28.8 Å². The number of hydrogen-bond donors (Lipinski definition) is 4. The van der Waals surface area contributed by atoms with Gasteiger partial charge in [-0.1, -0.05) is 29.8 Å². The lowest BCUT2D eigenvalue weighted by molar-refractivity contribution is -0.192. The van der Waals surface area contributed by atoms with Crippen molar-refractivity contribution in [3.63, 3.8) is 0 Å². The molecular weight excluding hydrogens is 525 g/mol. The molecule has 3 aromatic rings. The number of pyridine rings is 1. The van der Waals surface area contributed by atoms with E-state index in [1.807, 2.05) is 24.3 Å². The Morgan fingerprint density at radius 1 is 1.26 bits per heavy atom. The number of piperidine rings is 1. The molecule has 1 atom stereocenters. The van der Waals surface area contributed by atoms with Crippen molar-refractivity contribution in [1.82, 2.24) is 10.3 Å². The molecule has 5 N–H and O–H groups in total. The number of aromatic hydroxyl groups is 1. The van der Waals surface area contributed by atoms with Crippen LogP contribution >= 0.6 is 11.6 Å². The lowest BCUT2D eigenvalue weighted by Gasteiger charge is -2.25. The zero-order chi connectivity index (χ0) is 27.9. The Balaban J connectivity index is 0.000000505. The van der Waals surface area contributed by atoms with Crippen molar-refractivity contribution in [1.29, 1.82) is 5.26 Å². The zero-order valence-corrected chi connectivity index (χ0v) is 20.7. The summed E-state index contributed by atoms with van der Waals surface area (Å²) in [7, 11) is 0. The summed E-state index contributed by atoms with van der Waals surface area (Å²) in [6, 6.07) is 16.5. The van der Waals surface area contributed by atoms with Gasteiger partial charge in [0, 0.05) is 11.6 Å². The van der Waals surface area contributed by atoms with Gasteiger partial charge in [0.05, 0.1) is 16.8 Å². The summed E-state index contributed by atoms with van der Waals surface area (Å²) in [5.41, 5.74) is 9.25. The van der Waals surface area contributed by atoms with Crippen LogP contribution in [0.3, 0.4) is 0 Å². The molecule has 0 spiro atoms. The molecule has 38 heavy (non-hydrogen) atoms. The first-order chi connectivity index (χ1) is 18.0. The van der Waals surface area contributed by atoms with Crippen molar-refractivity contribution in [2.75, 3.05) is 18.8 Å². The molecule has 8 nitrogen and oxygen atoms in total. The van der Waals surface area contributed by atoms with E-state index in [-0.39, 0.29) is 24.1 Å². The summed E-state index contributed by atoms with van der Waals surface area (Å²) in [5.74, 6) is -1.93. The number of nitrogens with two attached hydrogens (primary N) is 1. The van der Waals surface area contributed by atoms with Crippen molar-refractivity contribution < 1.29 is 32.9 Å². The Morgan fingerprint density at radius 3 is 2.58 bits per heavy atom. The number of nitrogens with one attached hydrogen (secondary N) is 1. The number of carboxylic acid groups (broad SMARTS) is 1. The molecule has 1 aromatic heterocycles. The fraction of sp³-hybridized carbons (Fsp3) is 0.269. The Morgan fingerprint density at radius 2 is 1.97 bits per heavy atom. The molecular formula is C26H24ClF3N4O4. The number of nitrogens with zero attached hydrogens (tertiary/aromatic N) is 2. The highest BCUT2D eigenvalue weighted by Crippen LogP contribution is 2.40. The quantitative estimate of drug-likeness (QED) is 0.339. The normalized spacial score (nSPS) is 15.1. The number of carbonyl (C=O) groups is 1. The number of aromatic nitrogens is 1. The van der Waals surface area contributed by atoms with Crippen molar-refractivity contribution in [2.24, 2.45) is 0 Å². The number of anilines is 1. The number of rotatable bonds is 5. The Labute approximate surface area is 221 Å². The lowest BCUT2D eigenvalue weighted by Crippen LogP contribution is -2.29. The summed E-state index contributed by atoms with van der Waals surface area (Å²) in [6.07, 6.45) is -3.10. The number of nitriles is 1. The maximum atomic E-state index is 10.6. The van der Waals surface area contributed by atoms with Crippen LogP contribution in [0.5, 0.6) is 11.5 Å². The second-order valence-corrected chi connectivity index (χ2v) is 8.82. The topological polar surface area (TPSA) is 141 Å². The standard InChI is InChI=1S/C24H23ClN4O2.C2HF3O2/c25-17-6-1-4-15(10-17)14-31-22-8-2-7-21(30)23(22)20-11-18(16-5-3-9-28-13-16)19(12-26)24(27)29-20;3-2(4,5)1(6)7/h1-2,4,6-8,10-11,16,28,30H,3,5,9,13-14H2,(H2,27,29);(H,6,7). The molecule has 0 radical (unpaired) electrons. The monoisotopic (exact) mass is 548 g/mol. The predicted molar refractivity (Wildman–Crippen MR) is 135 cm³/mol. The Hall–Kier alpha value is -4.01. The number of phenolic OH excluding ortho intramolecular Hbond substituents is 1. The van der Waals surface area contributed by atoms with E-state index in [0.717, 1.165) is 37.1 Å². The van der Waals surface area contributed by atoms with Crippen LogP contribution in [0.2, 0.25) is 5.02 Å². The van der Waals surface area contributed by atoms with Gasteiger partial charge in [-0.05, 0) is 66.8 Å². The average Bonchev–Trinajstić information content (AvgIpc) is 2.87. The molecule has 12 heteroatoms. The van der Waals surface area contributed by atoms with Gasteiger partial charge in [-0.15, -0.1) is 0 Å². The van der Waals surface area contributed by atoms with Crippen molar-refractivity contribution >= 4 is 23.4 Å². The summed E-state index contributed by atoms with van der Waals surface area (Å²) in [4.78, 5) is 13.3. The Bertz CT molecular complexity index is 1340. The van der Waals surface area contributed by atoms with Gasteiger partial charge in [-0.2, -0.15) is 18.4 Å². The van der Waals surface area contributed by atoms with Crippen LogP contribution in [0.25, 0.3) is 11.3 Å². The first-order valence-corrected chi connectivity index (χ1v) is 11.8. The van der Waals surface area contributed by atoms with Crippen LogP contribution in [0.4, 0.5) is 19.0 Å². The highest BCUT2D eigenvalue weighted by Gasteiger charge is 2.38. The fourth-order valence-electron chi connectivity index (χ4n) is 3.96. The number of benzene rings is 2. The van der Waals surface area contributed by atoms with Crippen molar-refractivity contribution in [2.45, 2.75) is 31.5 Å². The van der Waals surface area contributed by atoms with Gasteiger partial charge in [-0.25, -0.2) is 9.78 Å². The second-order valence-electron chi connectivity index (χ2n) is 8.38. The Kier molecular flexibility index (Phi) is 9.39. The van der Waals surface area contributed by atoms with Gasteiger partial charge in [0.2, 0.25) is 0 Å². The smallest absolute Gasteiger partial charge is 0.490 e. The molecule has 1 aliphatic heterocycles. The average molecular weight is 549 g/mol. The van der Waals surface area contributed by atoms with Crippen LogP contribution in [0.15, 0.2) is 48.5 Å². The predicted octanol–water partition coefficient (Wildman–Crippen LogP) is 5.24. The third-order valence-corrected chi connectivity index (χ3v) is 5.95. The zero-order valence-electron chi connectivity index (χ0n) is 19.9. The van der Waals surface area contributed by atoms with E-state index in [1.165, 1.54) is 0 Å². The van der Waals surface area contributed by atoms with Gasteiger partial charge in [0.15, 0.2) is 0 Å². The van der Waals surface area contributed by atoms with E-state index >= 15 is 0 Å². The molecule has 1 saturated heterocycles. The highest BCUT2D eigenvalue weighted by molar-refractivity contribution is 6.30. The first kappa shape index (κ1) is 28.6. The summed E-state index contributed by atoms with van der Waals surface area (Å²) >= 11 is 6.07. The maximum absolute atomic E-state index is 10.6. The molecule has 0 aliphatic carbocycles. The van der Waals surface area contributed by atoms with Crippen LogP contribution in [-0.4, -0.2) is 40.4 Å². The number of nitrogen functional groups attached to an aromatic ring is 1. The number of ether oxygens (including phenoxy) is 1. The molecule has 4 rings (SSSR count). The van der Waals surface area contributed by atoms with E-state index in [4.69, 9.17) is 32.0 Å². The van der Waals surface area contributed by atoms with Gasteiger partial charge in [0.25, 0.3) is 0 Å². The molecule has 200 valence electrons. The second kappa shape index (κ2) is 12.5. The molecule has 1 aliphatic rings. The number of hydrogen-bond acceptors (Lipinski definition) is 7. The van der Waals surface area contributed by atoms with E-state index in [0.29, 0.717) is 27.6 Å². The van der Waals surface area contributed by atoms with Crippen LogP contribution in [0, 0.1) is 11.3 Å². The highest BCUT2D eigenvalue weighted by atomic mass is 35.5. The largest absolute Gasteiger partial charge is 0.507 e. The summed E-state index contributed by atoms with van der Waals surface area (Å²) in [5, 5.41) is 31.4. The third kappa shape index (κ3) is 7.27. The molecule has 1 fully saturated rings. The fourth-order valence-corrected chi connectivity index (χ4v) is 4.17. The summed E-state index contributed by atoms with van der Waals surface area (Å²) < 4.78 is 37.8. The minimum absolute atomic E-state index is 0.0351. The van der Waals surface area contributed by atoms with E-state index in [1.54, 1.807) is 24.3 Å². The van der Waals surface area contributed by atoms with Gasteiger partial charge < -0.3 is 26.0 Å². The third-order valence-electron chi connectivity index (χ3n) is 5.71. The minimum atomic E-state index is -5.08. The van der Waals surface area contributed by atoms with E-state index in [2.05, 4.69) is 16.4 Å². The number of phenols is 1. The van der Waals surface area contributed by atoms with Crippen LogP contribution in [-0.2, 0) is 11.4 Å². The maximum Gasteiger partial charge on any atom is 0.490 e. The van der Waals surface area contributed by atoms with Gasteiger partial charge in [0.1, 0.15) is 30.0 Å². The van der Waals surface area contributed by atoms with Crippen LogP contribution < -0.4 is 15.8 Å².